The molecule has 0 aliphatic rings. The second-order valence-corrected chi connectivity index (χ2v) is 4.96. The number of fused-ring (bicyclic) bond motifs is 1. The lowest BCUT2D eigenvalue weighted by Gasteiger charge is -2.19. The van der Waals surface area contributed by atoms with E-state index in [9.17, 15) is 9.59 Å². The van der Waals surface area contributed by atoms with Crippen LogP contribution in [-0.2, 0) is 16.1 Å². The molecule has 1 heterocycles. The van der Waals surface area contributed by atoms with Gasteiger partial charge in [-0.3, -0.25) is 9.59 Å². The molecule has 0 radical (unpaired) electrons. The van der Waals surface area contributed by atoms with Gasteiger partial charge in [0.1, 0.15) is 6.54 Å². The molecule has 1 N–H and O–H groups in total. The number of benzene rings is 1. The fraction of sp³-hybridized carbons (Fsp3) is 0.375. The predicted octanol–water partition coefficient (Wildman–Crippen LogP) is 2.47. The van der Waals surface area contributed by atoms with E-state index in [0.717, 1.165) is 29.7 Å². The topological polar surface area (TPSA) is 54.3 Å². The van der Waals surface area contributed by atoms with Gasteiger partial charge in [0.15, 0.2) is 0 Å². The Balaban J connectivity index is 2.22. The Labute approximate surface area is 124 Å². The standard InChI is InChI=1S/C16H21N3O2/c1-4-18(5-2)16(21)11-19-9-8-13-10-14(17-12(3)20)6-7-15(13)19/h6-10H,4-5,11H2,1-3H3,(H,17,20). The summed E-state index contributed by atoms with van der Waals surface area (Å²) in [7, 11) is 0. The van der Waals surface area contributed by atoms with E-state index in [4.69, 9.17) is 0 Å². The lowest BCUT2D eigenvalue weighted by atomic mass is 10.2. The molecule has 5 heteroatoms. The van der Waals surface area contributed by atoms with Crippen molar-refractivity contribution in [3.8, 4) is 0 Å². The van der Waals surface area contributed by atoms with E-state index in [-0.39, 0.29) is 11.8 Å². The Kier molecular flexibility index (Phi) is 4.62. The number of carbonyl (C=O) groups is 2. The first-order valence-corrected chi connectivity index (χ1v) is 7.19. The number of aromatic nitrogens is 1. The van der Waals surface area contributed by atoms with E-state index in [0.29, 0.717) is 6.54 Å². The third-order valence-electron chi connectivity index (χ3n) is 3.51. The van der Waals surface area contributed by atoms with Crippen LogP contribution in [0.5, 0.6) is 0 Å². The Morgan fingerprint density at radius 1 is 1.19 bits per heavy atom. The van der Waals surface area contributed by atoms with Gasteiger partial charge < -0.3 is 14.8 Å². The summed E-state index contributed by atoms with van der Waals surface area (Å²) < 4.78 is 1.94. The second-order valence-electron chi connectivity index (χ2n) is 4.96. The molecule has 0 atom stereocenters. The summed E-state index contributed by atoms with van der Waals surface area (Å²) >= 11 is 0. The highest BCUT2D eigenvalue weighted by molar-refractivity contribution is 5.93. The Morgan fingerprint density at radius 3 is 2.52 bits per heavy atom. The van der Waals surface area contributed by atoms with Gasteiger partial charge in [0.25, 0.3) is 0 Å². The number of nitrogens with zero attached hydrogens (tertiary/aromatic N) is 2. The second kappa shape index (κ2) is 6.43. The number of amides is 2. The van der Waals surface area contributed by atoms with E-state index in [2.05, 4.69) is 5.32 Å². The van der Waals surface area contributed by atoms with Gasteiger partial charge in [-0.15, -0.1) is 0 Å². The fourth-order valence-electron chi connectivity index (χ4n) is 2.44. The van der Waals surface area contributed by atoms with Gasteiger partial charge in [-0.25, -0.2) is 0 Å². The highest BCUT2D eigenvalue weighted by Crippen LogP contribution is 2.20. The number of hydrogen-bond acceptors (Lipinski definition) is 2. The molecule has 0 unspecified atom stereocenters. The van der Waals surface area contributed by atoms with Crippen molar-refractivity contribution in [3.05, 3.63) is 30.5 Å². The molecule has 112 valence electrons. The summed E-state index contributed by atoms with van der Waals surface area (Å²) in [6, 6.07) is 7.64. The maximum Gasteiger partial charge on any atom is 0.242 e. The Bertz CT molecular complexity index is 657. The molecule has 0 saturated carbocycles. The molecule has 1 aromatic carbocycles. The van der Waals surface area contributed by atoms with Crippen molar-refractivity contribution in [2.45, 2.75) is 27.3 Å². The van der Waals surface area contributed by atoms with E-state index >= 15 is 0 Å². The van der Waals surface area contributed by atoms with Crippen LogP contribution in [0.2, 0.25) is 0 Å². The number of nitrogens with one attached hydrogen (secondary N) is 1. The fourth-order valence-corrected chi connectivity index (χ4v) is 2.44. The van der Waals surface area contributed by atoms with Crippen LogP contribution in [0.1, 0.15) is 20.8 Å². The monoisotopic (exact) mass is 287 g/mol. The van der Waals surface area contributed by atoms with Crippen LogP contribution in [0.25, 0.3) is 10.9 Å². The van der Waals surface area contributed by atoms with Crippen molar-refractivity contribution in [3.63, 3.8) is 0 Å². The van der Waals surface area contributed by atoms with Gasteiger partial charge in [0.2, 0.25) is 11.8 Å². The number of carbonyl (C=O) groups excluding carboxylic acids is 2. The van der Waals surface area contributed by atoms with Gasteiger partial charge in [-0.2, -0.15) is 0 Å². The summed E-state index contributed by atoms with van der Waals surface area (Å²) in [6.45, 7) is 7.23. The third kappa shape index (κ3) is 3.42. The van der Waals surface area contributed by atoms with Crippen LogP contribution in [0.15, 0.2) is 30.5 Å². The number of likely N-dealkylation sites (N-methyl/N-ethyl adjacent to an activating group) is 1. The Hall–Kier alpha value is -2.30. The van der Waals surface area contributed by atoms with E-state index in [1.54, 1.807) is 0 Å². The van der Waals surface area contributed by atoms with Crippen molar-refractivity contribution in [2.75, 3.05) is 18.4 Å². The largest absolute Gasteiger partial charge is 0.342 e. The van der Waals surface area contributed by atoms with Crippen LogP contribution in [0.3, 0.4) is 0 Å². The Morgan fingerprint density at radius 2 is 1.90 bits per heavy atom. The van der Waals surface area contributed by atoms with Gasteiger partial charge in [-0.1, -0.05) is 0 Å². The van der Waals surface area contributed by atoms with Crippen molar-refractivity contribution in [1.29, 1.82) is 0 Å². The minimum atomic E-state index is -0.0921. The lowest BCUT2D eigenvalue weighted by Crippen LogP contribution is -2.33. The summed E-state index contributed by atoms with van der Waals surface area (Å²) in [5.41, 5.74) is 1.76. The van der Waals surface area contributed by atoms with Crippen LogP contribution in [-0.4, -0.2) is 34.4 Å². The zero-order chi connectivity index (χ0) is 15.4. The van der Waals surface area contributed by atoms with Crippen LogP contribution < -0.4 is 5.32 Å². The minimum absolute atomic E-state index is 0.0921. The molecule has 21 heavy (non-hydrogen) atoms. The van der Waals surface area contributed by atoms with E-state index < -0.39 is 0 Å². The maximum absolute atomic E-state index is 12.2. The summed E-state index contributed by atoms with van der Waals surface area (Å²) in [5, 5.41) is 3.77. The molecular weight excluding hydrogens is 266 g/mol. The van der Waals surface area contributed by atoms with Gasteiger partial charge in [0, 0.05) is 42.8 Å². The average molecular weight is 287 g/mol. The first-order chi connectivity index (χ1) is 10.0. The summed E-state index contributed by atoms with van der Waals surface area (Å²) in [6.07, 6.45) is 1.91. The van der Waals surface area contributed by atoms with Gasteiger partial charge in [0.05, 0.1) is 0 Å². The average Bonchev–Trinajstić information content (AvgIpc) is 2.82. The molecule has 0 aliphatic heterocycles. The normalized spacial score (nSPS) is 10.6. The molecule has 2 rings (SSSR count). The SMILES string of the molecule is CCN(CC)C(=O)Cn1ccc2cc(NC(C)=O)ccc21. The van der Waals surface area contributed by atoms with Crippen molar-refractivity contribution < 1.29 is 9.59 Å². The van der Waals surface area contributed by atoms with Crippen molar-refractivity contribution in [1.82, 2.24) is 9.47 Å². The van der Waals surface area contributed by atoms with E-state index in [1.165, 1.54) is 6.92 Å². The first-order valence-electron chi connectivity index (χ1n) is 7.19. The van der Waals surface area contributed by atoms with Gasteiger partial charge >= 0.3 is 0 Å². The number of hydrogen-bond donors (Lipinski definition) is 1. The number of anilines is 1. The molecule has 0 aliphatic carbocycles. The number of rotatable bonds is 5. The van der Waals surface area contributed by atoms with Crippen molar-refractivity contribution >= 4 is 28.4 Å². The summed E-state index contributed by atoms with van der Waals surface area (Å²) in [4.78, 5) is 25.1. The smallest absolute Gasteiger partial charge is 0.242 e. The zero-order valence-corrected chi connectivity index (χ0v) is 12.7. The quantitative estimate of drug-likeness (QED) is 0.918. The first kappa shape index (κ1) is 15.1. The van der Waals surface area contributed by atoms with Crippen molar-refractivity contribution in [2.24, 2.45) is 0 Å². The molecule has 0 bridgehead atoms. The highest BCUT2D eigenvalue weighted by atomic mass is 16.2. The lowest BCUT2D eigenvalue weighted by molar-refractivity contribution is -0.131. The van der Waals surface area contributed by atoms with E-state index in [1.807, 2.05) is 53.8 Å². The minimum Gasteiger partial charge on any atom is -0.342 e. The maximum atomic E-state index is 12.2. The van der Waals surface area contributed by atoms with Crippen LogP contribution in [0, 0.1) is 0 Å². The third-order valence-corrected chi connectivity index (χ3v) is 3.51. The van der Waals surface area contributed by atoms with Crippen LogP contribution in [0.4, 0.5) is 5.69 Å². The molecule has 5 nitrogen and oxygen atoms in total. The molecule has 0 saturated heterocycles. The predicted molar refractivity (Wildman–Crippen MR) is 84.2 cm³/mol. The molecule has 0 fully saturated rings. The highest BCUT2D eigenvalue weighted by Gasteiger charge is 2.11. The molecule has 2 aromatic rings. The van der Waals surface area contributed by atoms with Crippen LogP contribution >= 0.6 is 0 Å². The zero-order valence-electron chi connectivity index (χ0n) is 12.7. The molecule has 0 spiro atoms. The van der Waals surface area contributed by atoms with Gasteiger partial charge in [-0.05, 0) is 38.1 Å². The molecule has 2 amide bonds. The summed E-state index contributed by atoms with van der Waals surface area (Å²) in [5.74, 6) is 0.0222. The molecular formula is C16H21N3O2. The molecule has 1 aromatic heterocycles.